The number of rotatable bonds is 8. The molecule has 1 aromatic carbocycles. The van der Waals surface area contributed by atoms with Gasteiger partial charge in [0.25, 0.3) is 0 Å². The molecule has 6 rings (SSSR count). The molecule has 3 fully saturated rings. The Morgan fingerprint density at radius 3 is 2.56 bits per heavy atom. The molecule has 0 radical (unpaired) electrons. The molecule has 3 aliphatic rings. The van der Waals surface area contributed by atoms with Crippen molar-refractivity contribution in [3.05, 3.63) is 54.7 Å². The minimum Gasteiger partial charge on any atom is -0.453 e. The largest absolute Gasteiger partial charge is 0.453 e. The zero-order chi connectivity index (χ0) is 27.0. The van der Waals surface area contributed by atoms with E-state index in [0.29, 0.717) is 35.3 Å². The van der Waals surface area contributed by atoms with Gasteiger partial charge in [0.15, 0.2) is 11.6 Å². The molecule has 0 saturated heterocycles. The standard InChI is InChI=1S/C28H33FN6O3S/c29-23-15-21(35-39(36,37)27-14-17-1-2-18(27)13-17)7-8-26(23)38-25-10-11-31-16-22(25)24-9-12-32-28(34-24)33-20-5-3-19(30)4-6-20/h7-12,15-20,27,35H,1-6,13-14,30H2,(H,32,33,34)/t17?,18-,19?,20?,27+/m1/s1. The number of benzene rings is 1. The molecule has 3 saturated carbocycles. The molecule has 9 nitrogen and oxygen atoms in total. The van der Waals surface area contributed by atoms with Gasteiger partial charge in [-0.05, 0) is 81.0 Å². The minimum absolute atomic E-state index is 0.0312. The molecule has 2 bridgehead atoms. The van der Waals surface area contributed by atoms with E-state index in [1.807, 2.05) is 0 Å². The highest BCUT2D eigenvalue weighted by atomic mass is 32.2. The summed E-state index contributed by atoms with van der Waals surface area (Å²) < 4.78 is 49.5. The molecule has 39 heavy (non-hydrogen) atoms. The predicted molar refractivity (Wildman–Crippen MR) is 147 cm³/mol. The smallest absolute Gasteiger partial charge is 0.235 e. The molecule has 3 aromatic rings. The van der Waals surface area contributed by atoms with E-state index >= 15 is 4.39 Å². The first kappa shape index (κ1) is 25.9. The molecule has 11 heteroatoms. The zero-order valence-electron chi connectivity index (χ0n) is 21.6. The van der Waals surface area contributed by atoms with Crippen LogP contribution in [0.4, 0.5) is 16.0 Å². The van der Waals surface area contributed by atoms with Crippen LogP contribution in [0.1, 0.15) is 51.4 Å². The lowest BCUT2D eigenvalue weighted by molar-refractivity contribution is 0.410. The summed E-state index contributed by atoms with van der Waals surface area (Å²) in [4.78, 5) is 13.2. The van der Waals surface area contributed by atoms with E-state index in [9.17, 15) is 8.42 Å². The Morgan fingerprint density at radius 2 is 1.82 bits per heavy atom. The zero-order valence-corrected chi connectivity index (χ0v) is 22.4. The highest BCUT2D eigenvalue weighted by Crippen LogP contribution is 2.47. The molecule has 4 N–H and O–H groups in total. The fourth-order valence-electron chi connectivity index (χ4n) is 6.26. The van der Waals surface area contributed by atoms with E-state index in [1.54, 1.807) is 30.7 Å². The summed E-state index contributed by atoms with van der Waals surface area (Å²) in [6, 6.07) is 8.00. The second-order valence-electron chi connectivity index (χ2n) is 11.0. The van der Waals surface area contributed by atoms with Gasteiger partial charge in [-0.1, -0.05) is 6.42 Å². The van der Waals surface area contributed by atoms with Crippen molar-refractivity contribution in [3.63, 3.8) is 0 Å². The maximum Gasteiger partial charge on any atom is 0.235 e. The van der Waals surface area contributed by atoms with E-state index < -0.39 is 21.1 Å². The molecular formula is C28H33FN6O3S. The summed E-state index contributed by atoms with van der Waals surface area (Å²) in [5.41, 5.74) is 7.36. The van der Waals surface area contributed by atoms with E-state index in [0.717, 1.165) is 51.0 Å². The van der Waals surface area contributed by atoms with Crippen LogP contribution in [0.3, 0.4) is 0 Å². The summed E-state index contributed by atoms with van der Waals surface area (Å²) in [7, 11) is -3.58. The van der Waals surface area contributed by atoms with Gasteiger partial charge < -0.3 is 15.8 Å². The van der Waals surface area contributed by atoms with E-state index in [-0.39, 0.29) is 29.4 Å². The number of nitrogens with zero attached hydrogens (tertiary/aromatic N) is 3. The summed E-state index contributed by atoms with van der Waals surface area (Å²) in [5, 5.41) is 2.98. The van der Waals surface area contributed by atoms with E-state index in [4.69, 9.17) is 10.5 Å². The fraction of sp³-hybridized carbons (Fsp3) is 0.464. The van der Waals surface area contributed by atoms with Crippen molar-refractivity contribution in [1.82, 2.24) is 15.0 Å². The van der Waals surface area contributed by atoms with Crippen LogP contribution in [-0.2, 0) is 10.0 Å². The Hall–Kier alpha value is -3.31. The van der Waals surface area contributed by atoms with E-state index in [1.165, 1.54) is 12.1 Å². The Balaban J connectivity index is 1.17. The first-order chi connectivity index (χ1) is 18.8. The van der Waals surface area contributed by atoms with Crippen LogP contribution < -0.4 is 20.5 Å². The number of aromatic nitrogens is 3. The summed E-state index contributed by atoms with van der Waals surface area (Å²) >= 11 is 0. The average molecular weight is 553 g/mol. The number of pyridine rings is 1. The number of anilines is 2. The van der Waals surface area contributed by atoms with Crippen molar-refractivity contribution in [1.29, 1.82) is 0 Å². The molecule has 2 aromatic heterocycles. The maximum absolute atomic E-state index is 15.1. The normalized spacial score (nSPS) is 26.4. The lowest BCUT2D eigenvalue weighted by Crippen LogP contribution is -2.33. The lowest BCUT2D eigenvalue weighted by Gasteiger charge is -2.26. The van der Waals surface area contributed by atoms with Gasteiger partial charge in [-0.3, -0.25) is 9.71 Å². The first-order valence-corrected chi connectivity index (χ1v) is 15.2. The molecule has 2 heterocycles. The second-order valence-corrected chi connectivity index (χ2v) is 12.9. The Morgan fingerprint density at radius 1 is 0.974 bits per heavy atom. The minimum atomic E-state index is -3.58. The highest BCUT2D eigenvalue weighted by molar-refractivity contribution is 7.93. The van der Waals surface area contributed by atoms with Gasteiger partial charge in [0.1, 0.15) is 5.75 Å². The number of ether oxygens (including phenoxy) is 1. The third-order valence-electron chi connectivity index (χ3n) is 8.30. The lowest BCUT2D eigenvalue weighted by atomic mass is 9.92. The number of nitrogens with two attached hydrogens (primary N) is 1. The molecule has 3 atom stereocenters. The van der Waals surface area contributed by atoms with Crippen LogP contribution in [0.2, 0.25) is 0 Å². The highest BCUT2D eigenvalue weighted by Gasteiger charge is 2.46. The molecule has 3 aliphatic carbocycles. The average Bonchev–Trinajstić information content (AvgIpc) is 3.57. The van der Waals surface area contributed by atoms with Crippen molar-refractivity contribution in [2.75, 3.05) is 10.0 Å². The molecular weight excluding hydrogens is 519 g/mol. The Labute approximate surface area is 227 Å². The number of halogens is 1. The van der Waals surface area contributed by atoms with Crippen LogP contribution in [0.5, 0.6) is 11.5 Å². The summed E-state index contributed by atoms with van der Waals surface area (Å²) in [6.07, 6.45) is 12.4. The van der Waals surface area contributed by atoms with Gasteiger partial charge >= 0.3 is 0 Å². The number of hydrogen-bond acceptors (Lipinski definition) is 8. The van der Waals surface area contributed by atoms with Gasteiger partial charge in [0.05, 0.1) is 22.2 Å². The monoisotopic (exact) mass is 552 g/mol. The number of nitrogens with one attached hydrogen (secondary N) is 2. The second kappa shape index (κ2) is 10.7. The van der Waals surface area contributed by atoms with Gasteiger partial charge in [0, 0.05) is 36.7 Å². The third kappa shape index (κ3) is 5.69. The predicted octanol–water partition coefficient (Wildman–Crippen LogP) is 5.08. The van der Waals surface area contributed by atoms with Gasteiger partial charge in [-0.15, -0.1) is 0 Å². The van der Waals surface area contributed by atoms with Gasteiger partial charge in [0.2, 0.25) is 16.0 Å². The van der Waals surface area contributed by atoms with Crippen molar-refractivity contribution < 1.29 is 17.5 Å². The van der Waals surface area contributed by atoms with Crippen LogP contribution in [-0.4, -0.2) is 40.7 Å². The van der Waals surface area contributed by atoms with Crippen molar-refractivity contribution in [2.24, 2.45) is 17.6 Å². The van der Waals surface area contributed by atoms with Crippen LogP contribution in [0.15, 0.2) is 48.9 Å². The number of fused-ring (bicyclic) bond motifs is 2. The SMILES string of the molecule is NC1CCC(Nc2nccc(-c3cnccc3Oc3ccc(NS(=O)(=O)[C@H]4CC5CC[C@@H]4C5)cc3F)n2)CC1. The molecule has 0 amide bonds. The fourth-order valence-corrected chi connectivity index (χ4v) is 8.15. The molecule has 206 valence electrons. The molecule has 0 spiro atoms. The van der Waals surface area contributed by atoms with Crippen LogP contribution in [0.25, 0.3) is 11.3 Å². The van der Waals surface area contributed by atoms with Crippen molar-refractivity contribution in [3.8, 4) is 22.8 Å². The van der Waals surface area contributed by atoms with Crippen molar-refractivity contribution in [2.45, 2.75) is 68.7 Å². The van der Waals surface area contributed by atoms with Gasteiger partial charge in [-0.2, -0.15) is 0 Å². The van der Waals surface area contributed by atoms with Gasteiger partial charge in [-0.25, -0.2) is 22.8 Å². The first-order valence-electron chi connectivity index (χ1n) is 13.6. The number of hydrogen-bond donors (Lipinski definition) is 3. The van der Waals surface area contributed by atoms with Crippen molar-refractivity contribution >= 4 is 21.7 Å². The molecule has 1 unspecified atom stereocenters. The van der Waals surface area contributed by atoms with Crippen LogP contribution in [0, 0.1) is 17.7 Å². The summed E-state index contributed by atoms with van der Waals surface area (Å²) in [6.45, 7) is 0. The Bertz CT molecular complexity index is 1450. The maximum atomic E-state index is 15.1. The quantitative estimate of drug-likeness (QED) is 0.352. The third-order valence-corrected chi connectivity index (χ3v) is 10.2. The van der Waals surface area contributed by atoms with E-state index in [2.05, 4.69) is 25.0 Å². The topological polar surface area (TPSA) is 132 Å². The molecule has 0 aliphatic heterocycles. The number of sulfonamides is 1. The summed E-state index contributed by atoms with van der Waals surface area (Å²) in [5.74, 6) is 0.853. The van der Waals surface area contributed by atoms with Crippen LogP contribution >= 0.6 is 0 Å². The Kier molecular flexibility index (Phi) is 7.11.